The Morgan fingerprint density at radius 3 is 2.44 bits per heavy atom. The van der Waals surface area contributed by atoms with Gasteiger partial charge in [-0.1, -0.05) is 36.8 Å². The minimum absolute atomic E-state index is 0. The normalized spacial score (nSPS) is 16.4. The molecule has 0 spiro atoms. The van der Waals surface area contributed by atoms with E-state index in [9.17, 15) is 4.79 Å². The molecular weight excluding hydrogens is 451 g/mol. The Morgan fingerprint density at radius 1 is 1.26 bits per heavy atom. The van der Waals surface area contributed by atoms with Gasteiger partial charge in [0.05, 0.1) is 0 Å². The van der Waals surface area contributed by atoms with Gasteiger partial charge in [0.1, 0.15) is 0 Å². The zero-order chi connectivity index (χ0) is 18.9. The first-order valence-electron chi connectivity index (χ1n) is 9.83. The highest BCUT2D eigenvalue weighted by Gasteiger charge is 2.23. The van der Waals surface area contributed by atoms with Crippen LogP contribution < -0.4 is 10.6 Å². The number of hydrogen-bond donors (Lipinski definition) is 2. The van der Waals surface area contributed by atoms with E-state index in [0.717, 1.165) is 45.0 Å². The topological polar surface area (TPSA) is 56.7 Å². The van der Waals surface area contributed by atoms with E-state index in [-0.39, 0.29) is 29.9 Å². The summed E-state index contributed by atoms with van der Waals surface area (Å²) in [4.78, 5) is 18.8. The molecule has 1 atom stereocenters. The van der Waals surface area contributed by atoms with Crippen LogP contribution in [0.2, 0.25) is 0 Å². The number of aliphatic imine (C=N–C) groups is 1. The number of piperidine rings is 1. The van der Waals surface area contributed by atoms with Crippen molar-refractivity contribution < 1.29 is 4.79 Å². The molecule has 1 unspecified atom stereocenters. The van der Waals surface area contributed by atoms with Crippen LogP contribution in [0.5, 0.6) is 0 Å². The molecule has 6 heteroatoms. The number of carbonyl (C=O) groups is 1. The number of halogens is 1. The van der Waals surface area contributed by atoms with Crippen molar-refractivity contribution in [2.75, 3.05) is 33.2 Å². The zero-order valence-corrected chi connectivity index (χ0v) is 19.5. The molecule has 1 heterocycles. The number of rotatable bonds is 6. The Morgan fingerprint density at radius 2 is 1.89 bits per heavy atom. The summed E-state index contributed by atoms with van der Waals surface area (Å²) in [5, 5.41) is 6.16. The Labute approximate surface area is 181 Å². The summed E-state index contributed by atoms with van der Waals surface area (Å²) in [6.45, 7) is 10.0. The first-order chi connectivity index (χ1) is 12.5. The van der Waals surface area contributed by atoms with Crippen LogP contribution in [0.1, 0.15) is 50.2 Å². The monoisotopic (exact) mass is 486 g/mol. The smallest absolute Gasteiger partial charge is 0.220 e. The van der Waals surface area contributed by atoms with Crippen LogP contribution in [-0.2, 0) is 4.79 Å². The molecule has 1 aliphatic heterocycles. The maximum Gasteiger partial charge on any atom is 0.220 e. The average molecular weight is 486 g/mol. The molecule has 0 radical (unpaired) electrons. The van der Waals surface area contributed by atoms with Gasteiger partial charge >= 0.3 is 0 Å². The molecule has 1 amide bonds. The maximum atomic E-state index is 11.6. The second kappa shape index (κ2) is 12.2. The van der Waals surface area contributed by atoms with E-state index in [1.807, 2.05) is 0 Å². The minimum atomic E-state index is 0. The molecule has 2 N–H and O–H groups in total. The van der Waals surface area contributed by atoms with Gasteiger partial charge in [-0.2, -0.15) is 0 Å². The summed E-state index contributed by atoms with van der Waals surface area (Å²) in [5.41, 5.74) is 2.62. The summed E-state index contributed by atoms with van der Waals surface area (Å²) in [5.74, 6) is 2.04. The fourth-order valence-corrected chi connectivity index (χ4v) is 3.36. The number of aryl methyl sites for hydroxylation is 1. The summed E-state index contributed by atoms with van der Waals surface area (Å²) in [7, 11) is 1.71. The van der Waals surface area contributed by atoms with Crippen LogP contribution in [0.15, 0.2) is 29.3 Å². The summed E-state index contributed by atoms with van der Waals surface area (Å²) in [6, 6.07) is 8.73. The second-order valence-corrected chi connectivity index (χ2v) is 7.31. The minimum Gasteiger partial charge on any atom is -0.359 e. The third-order valence-corrected chi connectivity index (χ3v) is 5.16. The lowest BCUT2D eigenvalue weighted by molar-refractivity contribution is -0.121. The molecule has 1 aliphatic rings. The van der Waals surface area contributed by atoms with Crippen LogP contribution in [0.4, 0.5) is 0 Å². The molecule has 5 nitrogen and oxygen atoms in total. The highest BCUT2D eigenvalue weighted by atomic mass is 127. The molecule has 1 fully saturated rings. The summed E-state index contributed by atoms with van der Waals surface area (Å²) < 4.78 is 0. The van der Waals surface area contributed by atoms with E-state index < -0.39 is 0 Å². The van der Waals surface area contributed by atoms with Gasteiger partial charge < -0.3 is 15.5 Å². The van der Waals surface area contributed by atoms with Crippen molar-refractivity contribution in [2.24, 2.45) is 10.9 Å². The molecule has 1 aromatic carbocycles. The summed E-state index contributed by atoms with van der Waals surface area (Å²) >= 11 is 0. The Bertz CT molecular complexity index is 595. The van der Waals surface area contributed by atoms with Crippen molar-refractivity contribution in [3.8, 4) is 0 Å². The number of nitrogens with one attached hydrogen (secondary N) is 2. The quantitative estimate of drug-likeness (QED) is 0.368. The number of guanidine groups is 1. The largest absolute Gasteiger partial charge is 0.359 e. The van der Waals surface area contributed by atoms with Crippen LogP contribution in [0.25, 0.3) is 0 Å². The predicted octanol–water partition coefficient (Wildman–Crippen LogP) is 3.53. The highest BCUT2D eigenvalue weighted by Crippen LogP contribution is 2.21. The molecule has 0 saturated carbocycles. The standard InChI is InChI=1S/C21H34N4O.HI/c1-5-23-21(24-15-17(3)19-8-6-16(2)7-9-19)25-12-10-18(11-13-25)14-20(26)22-4;/h6-9,17-18H,5,10-15H2,1-4H3,(H,22,26)(H,23,24);1H. The van der Waals surface area contributed by atoms with Gasteiger partial charge in [0.2, 0.25) is 5.91 Å². The van der Waals surface area contributed by atoms with Crippen LogP contribution in [-0.4, -0.2) is 50.0 Å². The van der Waals surface area contributed by atoms with E-state index in [2.05, 4.69) is 60.6 Å². The third-order valence-electron chi connectivity index (χ3n) is 5.16. The fraction of sp³-hybridized carbons (Fsp3) is 0.619. The lowest BCUT2D eigenvalue weighted by atomic mass is 9.93. The van der Waals surface area contributed by atoms with Crippen molar-refractivity contribution in [2.45, 2.75) is 46.0 Å². The average Bonchev–Trinajstić information content (AvgIpc) is 2.66. The van der Waals surface area contributed by atoms with Crippen LogP contribution >= 0.6 is 24.0 Å². The SMILES string of the molecule is CCNC(=NCC(C)c1ccc(C)cc1)N1CCC(CC(=O)NC)CC1.I. The van der Waals surface area contributed by atoms with Crippen molar-refractivity contribution in [1.29, 1.82) is 0 Å². The molecule has 1 aromatic rings. The number of benzene rings is 1. The molecule has 1 saturated heterocycles. The summed E-state index contributed by atoms with van der Waals surface area (Å²) in [6.07, 6.45) is 2.74. The van der Waals surface area contributed by atoms with E-state index in [1.54, 1.807) is 7.05 Å². The maximum absolute atomic E-state index is 11.6. The molecule has 27 heavy (non-hydrogen) atoms. The zero-order valence-electron chi connectivity index (χ0n) is 17.1. The highest BCUT2D eigenvalue weighted by molar-refractivity contribution is 14.0. The lowest BCUT2D eigenvalue weighted by Gasteiger charge is -2.34. The molecule has 152 valence electrons. The number of carbonyl (C=O) groups excluding carboxylic acids is 1. The van der Waals surface area contributed by atoms with Gasteiger partial charge in [0.25, 0.3) is 0 Å². The number of nitrogens with zero attached hydrogens (tertiary/aromatic N) is 2. The first kappa shape index (κ1) is 23.7. The number of likely N-dealkylation sites (tertiary alicyclic amines) is 1. The molecule has 0 aliphatic carbocycles. The van der Waals surface area contributed by atoms with Crippen molar-refractivity contribution >= 4 is 35.8 Å². The third kappa shape index (κ3) is 7.68. The molecule has 0 bridgehead atoms. The number of hydrogen-bond acceptors (Lipinski definition) is 2. The van der Waals surface area contributed by atoms with Gasteiger partial charge in [0.15, 0.2) is 5.96 Å². The molecule has 0 aromatic heterocycles. The second-order valence-electron chi connectivity index (χ2n) is 7.31. The predicted molar refractivity (Wildman–Crippen MR) is 124 cm³/mol. The lowest BCUT2D eigenvalue weighted by Crippen LogP contribution is -2.46. The van der Waals surface area contributed by atoms with Crippen LogP contribution in [0, 0.1) is 12.8 Å². The van der Waals surface area contributed by atoms with Crippen molar-refractivity contribution in [3.63, 3.8) is 0 Å². The fourth-order valence-electron chi connectivity index (χ4n) is 3.36. The van der Waals surface area contributed by atoms with E-state index in [1.165, 1.54) is 11.1 Å². The Hall–Kier alpha value is -1.31. The van der Waals surface area contributed by atoms with E-state index >= 15 is 0 Å². The number of amides is 1. The van der Waals surface area contributed by atoms with Crippen molar-refractivity contribution in [1.82, 2.24) is 15.5 Å². The van der Waals surface area contributed by atoms with Gasteiger partial charge in [-0.15, -0.1) is 24.0 Å². The van der Waals surface area contributed by atoms with Gasteiger partial charge in [-0.3, -0.25) is 9.79 Å². The van der Waals surface area contributed by atoms with Gasteiger partial charge in [-0.25, -0.2) is 0 Å². The Balaban J connectivity index is 0.00000364. The van der Waals surface area contributed by atoms with Gasteiger partial charge in [-0.05, 0) is 38.2 Å². The Kier molecular flexibility index (Phi) is 10.7. The van der Waals surface area contributed by atoms with E-state index in [4.69, 9.17) is 4.99 Å². The van der Waals surface area contributed by atoms with E-state index in [0.29, 0.717) is 18.3 Å². The first-order valence-corrected chi connectivity index (χ1v) is 9.83. The molecule has 2 rings (SSSR count). The van der Waals surface area contributed by atoms with Crippen LogP contribution in [0.3, 0.4) is 0 Å². The molecular formula is C21H35IN4O. The van der Waals surface area contributed by atoms with Gasteiger partial charge in [0, 0.05) is 45.6 Å². The van der Waals surface area contributed by atoms with Crippen molar-refractivity contribution in [3.05, 3.63) is 35.4 Å².